The predicted octanol–water partition coefficient (Wildman–Crippen LogP) is 3.40. The van der Waals surface area contributed by atoms with Crippen molar-refractivity contribution >= 4 is 34.5 Å². The van der Waals surface area contributed by atoms with Gasteiger partial charge in [0.1, 0.15) is 0 Å². The smallest absolute Gasteiger partial charge is 0.396 e. The van der Waals surface area contributed by atoms with Crippen molar-refractivity contribution in [2.75, 3.05) is 29.9 Å². The second-order valence-electron chi connectivity index (χ2n) is 8.88. The van der Waals surface area contributed by atoms with Crippen LogP contribution >= 0.6 is 0 Å². The van der Waals surface area contributed by atoms with E-state index in [-0.39, 0.29) is 24.0 Å². The van der Waals surface area contributed by atoms with Gasteiger partial charge in [-0.3, -0.25) is 14.9 Å². The minimum Gasteiger partial charge on any atom is -0.396 e. The number of alkyl halides is 3. The van der Waals surface area contributed by atoms with Crippen molar-refractivity contribution in [3.63, 3.8) is 0 Å². The average Bonchev–Trinajstić information content (AvgIpc) is 3.14. The van der Waals surface area contributed by atoms with Crippen molar-refractivity contribution in [2.45, 2.75) is 38.5 Å². The molecule has 0 unspecified atom stereocenters. The summed E-state index contributed by atoms with van der Waals surface area (Å²) in [6.07, 6.45) is -4.19. The number of aliphatic hydroxyl groups is 1. The van der Waals surface area contributed by atoms with Gasteiger partial charge < -0.3 is 19.9 Å². The van der Waals surface area contributed by atoms with Gasteiger partial charge in [-0.1, -0.05) is 6.07 Å². The SMILES string of the molecule is CC1(C)NCCN(c2ccc3c(c2)nc(NC(=O)c2cccc(C(F)(F)F)c2)n3CCCO)C1=O. The zero-order chi connectivity index (χ0) is 25.4. The number of aliphatic hydroxyl groups excluding tert-OH is 1. The number of carbonyl (C=O) groups excluding carboxylic acids is 2. The van der Waals surface area contributed by atoms with E-state index in [4.69, 9.17) is 0 Å². The van der Waals surface area contributed by atoms with E-state index >= 15 is 0 Å². The molecule has 11 heteroatoms. The quantitative estimate of drug-likeness (QED) is 0.493. The molecule has 1 saturated heterocycles. The van der Waals surface area contributed by atoms with Crippen LogP contribution < -0.4 is 15.5 Å². The molecule has 1 aromatic heterocycles. The second kappa shape index (κ2) is 9.31. The van der Waals surface area contributed by atoms with Crippen LogP contribution in [0.4, 0.5) is 24.8 Å². The van der Waals surface area contributed by atoms with Crippen molar-refractivity contribution in [3.05, 3.63) is 53.6 Å². The third-order valence-electron chi connectivity index (χ3n) is 5.94. The van der Waals surface area contributed by atoms with Crippen molar-refractivity contribution < 1.29 is 27.9 Å². The molecule has 1 fully saturated rings. The maximum absolute atomic E-state index is 13.1. The number of benzene rings is 2. The summed E-state index contributed by atoms with van der Waals surface area (Å²) >= 11 is 0. The summed E-state index contributed by atoms with van der Waals surface area (Å²) in [5.74, 6) is -0.684. The summed E-state index contributed by atoms with van der Waals surface area (Å²) in [6, 6.07) is 9.45. The minimum atomic E-state index is -4.57. The maximum Gasteiger partial charge on any atom is 0.416 e. The first kappa shape index (κ1) is 24.7. The standard InChI is InChI=1S/C24H26F3N5O3/c1-23(2)21(35)31(11-9-28-23)17-7-8-19-18(14-17)29-22(32(19)10-4-12-33)30-20(34)15-5-3-6-16(13-15)24(25,26)27/h3,5-8,13-14,28,33H,4,9-12H2,1-2H3,(H,29,30,34). The normalized spacial score (nSPS) is 16.1. The molecule has 0 spiro atoms. The van der Waals surface area contributed by atoms with Gasteiger partial charge in [0, 0.05) is 37.5 Å². The van der Waals surface area contributed by atoms with Gasteiger partial charge in [-0.15, -0.1) is 0 Å². The van der Waals surface area contributed by atoms with Crippen LogP contribution in [0.25, 0.3) is 11.0 Å². The molecule has 186 valence electrons. The summed E-state index contributed by atoms with van der Waals surface area (Å²) in [7, 11) is 0. The predicted molar refractivity (Wildman–Crippen MR) is 125 cm³/mol. The average molecular weight is 489 g/mol. The van der Waals surface area contributed by atoms with Crippen LogP contribution in [0.1, 0.15) is 36.2 Å². The molecular weight excluding hydrogens is 463 g/mol. The Bertz CT molecular complexity index is 1270. The highest BCUT2D eigenvalue weighted by Gasteiger charge is 2.36. The van der Waals surface area contributed by atoms with Gasteiger partial charge in [-0.25, -0.2) is 4.98 Å². The fraction of sp³-hybridized carbons (Fsp3) is 0.375. The molecule has 35 heavy (non-hydrogen) atoms. The number of nitrogens with one attached hydrogen (secondary N) is 2. The third-order valence-corrected chi connectivity index (χ3v) is 5.94. The van der Waals surface area contributed by atoms with Gasteiger partial charge in [-0.2, -0.15) is 13.2 Å². The highest BCUT2D eigenvalue weighted by Crippen LogP contribution is 2.31. The number of carbonyl (C=O) groups is 2. The number of anilines is 2. The van der Waals surface area contributed by atoms with E-state index < -0.39 is 23.2 Å². The second-order valence-corrected chi connectivity index (χ2v) is 8.88. The number of fused-ring (bicyclic) bond motifs is 1. The molecule has 2 amide bonds. The number of rotatable bonds is 6. The van der Waals surface area contributed by atoms with Crippen molar-refractivity contribution in [3.8, 4) is 0 Å². The monoisotopic (exact) mass is 489 g/mol. The number of nitrogens with zero attached hydrogens (tertiary/aromatic N) is 3. The molecule has 0 atom stereocenters. The van der Waals surface area contributed by atoms with E-state index in [9.17, 15) is 27.9 Å². The Morgan fingerprint density at radius 1 is 1.23 bits per heavy atom. The van der Waals surface area contributed by atoms with Gasteiger partial charge >= 0.3 is 6.18 Å². The third kappa shape index (κ3) is 5.01. The van der Waals surface area contributed by atoms with E-state index in [1.54, 1.807) is 27.7 Å². The molecule has 0 aliphatic carbocycles. The van der Waals surface area contributed by atoms with Crippen LogP contribution in [-0.2, 0) is 17.5 Å². The zero-order valence-corrected chi connectivity index (χ0v) is 19.3. The van der Waals surface area contributed by atoms with Gasteiger partial charge in [0.15, 0.2) is 0 Å². The molecule has 0 bridgehead atoms. The molecule has 3 N–H and O–H groups in total. The molecule has 1 aliphatic heterocycles. The summed E-state index contributed by atoms with van der Waals surface area (Å²) in [5, 5.41) is 15.1. The maximum atomic E-state index is 13.1. The fourth-order valence-corrected chi connectivity index (χ4v) is 4.09. The number of aryl methyl sites for hydroxylation is 1. The molecule has 0 radical (unpaired) electrons. The molecule has 8 nitrogen and oxygen atoms in total. The van der Waals surface area contributed by atoms with Gasteiger partial charge in [0.25, 0.3) is 5.91 Å². The lowest BCUT2D eigenvalue weighted by molar-refractivity contribution is -0.137. The Labute approximate surface area is 199 Å². The molecule has 2 aromatic carbocycles. The Balaban J connectivity index is 1.68. The molecule has 1 aliphatic rings. The van der Waals surface area contributed by atoms with Gasteiger partial charge in [-0.05, 0) is 56.7 Å². The van der Waals surface area contributed by atoms with Gasteiger partial charge in [0.2, 0.25) is 11.9 Å². The Morgan fingerprint density at radius 3 is 2.71 bits per heavy atom. The van der Waals surface area contributed by atoms with Crippen LogP contribution in [-0.4, -0.2) is 51.7 Å². The van der Waals surface area contributed by atoms with E-state index in [2.05, 4.69) is 15.6 Å². The van der Waals surface area contributed by atoms with E-state index in [0.717, 1.165) is 12.1 Å². The summed E-state index contributed by atoms with van der Waals surface area (Å²) in [6.45, 7) is 4.96. The molecule has 3 aromatic rings. The Morgan fingerprint density at radius 2 is 2.00 bits per heavy atom. The first-order chi connectivity index (χ1) is 16.5. The van der Waals surface area contributed by atoms with Crippen LogP contribution in [0.3, 0.4) is 0 Å². The zero-order valence-electron chi connectivity index (χ0n) is 19.3. The first-order valence-electron chi connectivity index (χ1n) is 11.2. The number of imidazole rings is 1. The van der Waals surface area contributed by atoms with Crippen molar-refractivity contribution in [1.29, 1.82) is 0 Å². The summed E-state index contributed by atoms with van der Waals surface area (Å²) in [5.41, 5.74) is 0.0201. The van der Waals surface area contributed by atoms with E-state index in [0.29, 0.717) is 42.8 Å². The summed E-state index contributed by atoms with van der Waals surface area (Å²) in [4.78, 5) is 31.8. The lowest BCUT2D eigenvalue weighted by Gasteiger charge is -2.38. The number of piperazine rings is 1. The number of amides is 2. The topological polar surface area (TPSA) is 99.5 Å². The molecule has 0 saturated carbocycles. The minimum absolute atomic E-state index is 0.0825. The van der Waals surface area contributed by atoms with Crippen molar-refractivity contribution in [1.82, 2.24) is 14.9 Å². The lowest BCUT2D eigenvalue weighted by atomic mass is 10.00. The van der Waals surface area contributed by atoms with Gasteiger partial charge in [0.05, 0.1) is 22.1 Å². The number of aromatic nitrogens is 2. The van der Waals surface area contributed by atoms with Crippen LogP contribution in [0.5, 0.6) is 0 Å². The van der Waals surface area contributed by atoms with Crippen molar-refractivity contribution in [2.24, 2.45) is 0 Å². The summed E-state index contributed by atoms with van der Waals surface area (Å²) < 4.78 is 40.9. The molecular formula is C24H26F3N5O3. The fourth-order valence-electron chi connectivity index (χ4n) is 4.09. The Kier molecular flexibility index (Phi) is 6.56. The number of hydrogen-bond donors (Lipinski definition) is 3. The van der Waals surface area contributed by atoms with E-state index in [1.807, 2.05) is 13.8 Å². The molecule has 2 heterocycles. The lowest BCUT2D eigenvalue weighted by Crippen LogP contribution is -2.61. The largest absolute Gasteiger partial charge is 0.416 e. The Hall–Kier alpha value is -3.44. The van der Waals surface area contributed by atoms with Crippen LogP contribution in [0.15, 0.2) is 42.5 Å². The first-order valence-corrected chi connectivity index (χ1v) is 11.2. The van der Waals surface area contributed by atoms with Crippen LogP contribution in [0, 0.1) is 0 Å². The number of halogens is 3. The number of hydrogen-bond acceptors (Lipinski definition) is 5. The van der Waals surface area contributed by atoms with Crippen LogP contribution in [0.2, 0.25) is 0 Å². The highest BCUT2D eigenvalue weighted by molar-refractivity contribution is 6.05. The molecule has 4 rings (SSSR count). The van der Waals surface area contributed by atoms with E-state index in [1.165, 1.54) is 12.1 Å². The highest BCUT2D eigenvalue weighted by atomic mass is 19.4.